The normalized spacial score (nSPS) is 10.0. The molecule has 2 amide bonds. The minimum Gasteiger partial charge on any atom is -0.490 e. The fourth-order valence-corrected chi connectivity index (χ4v) is 3.03. The Labute approximate surface area is 191 Å². The maximum atomic E-state index is 12.7. The Morgan fingerprint density at radius 1 is 0.812 bits per heavy atom. The molecule has 0 saturated heterocycles. The summed E-state index contributed by atoms with van der Waals surface area (Å²) in [6, 6.07) is 23.3. The predicted octanol–water partition coefficient (Wildman–Crippen LogP) is 4.23. The highest BCUT2D eigenvalue weighted by atomic mass is 32.1. The molecule has 32 heavy (non-hydrogen) atoms. The lowest BCUT2D eigenvalue weighted by Gasteiger charge is -2.14. The van der Waals surface area contributed by atoms with Crippen molar-refractivity contribution in [1.29, 1.82) is 0 Å². The Morgan fingerprint density at radius 2 is 1.47 bits per heavy atom. The number of carbonyl (C=O) groups is 2. The van der Waals surface area contributed by atoms with Gasteiger partial charge in [-0.1, -0.05) is 36.4 Å². The number of ether oxygens (including phenoxy) is 2. The molecule has 3 aromatic rings. The number of anilines is 2. The number of rotatable bonds is 8. The number of amides is 2. The summed E-state index contributed by atoms with van der Waals surface area (Å²) >= 11 is 5.26. The molecule has 0 fully saturated rings. The van der Waals surface area contributed by atoms with Gasteiger partial charge in [-0.3, -0.25) is 14.9 Å². The zero-order valence-electron chi connectivity index (χ0n) is 17.5. The Bertz CT molecular complexity index is 1090. The van der Waals surface area contributed by atoms with Gasteiger partial charge in [0.25, 0.3) is 5.91 Å². The Kier molecular flexibility index (Phi) is 8.16. The van der Waals surface area contributed by atoms with Gasteiger partial charge in [0.15, 0.2) is 5.11 Å². The van der Waals surface area contributed by atoms with Crippen molar-refractivity contribution in [1.82, 2.24) is 5.32 Å². The molecule has 0 aromatic heterocycles. The van der Waals surface area contributed by atoms with Crippen LogP contribution in [-0.2, 0) is 4.79 Å². The first-order valence-electron chi connectivity index (χ1n) is 9.91. The molecule has 0 aliphatic heterocycles. The van der Waals surface area contributed by atoms with Gasteiger partial charge in [-0.05, 0) is 54.7 Å². The molecule has 0 spiro atoms. The molecule has 164 valence electrons. The Morgan fingerprint density at radius 3 is 2.22 bits per heavy atom. The third-order valence-corrected chi connectivity index (χ3v) is 4.36. The molecular weight excluding hydrogens is 426 g/mol. The van der Waals surface area contributed by atoms with Crippen molar-refractivity contribution < 1.29 is 19.1 Å². The van der Waals surface area contributed by atoms with Crippen molar-refractivity contribution in [3.8, 4) is 11.5 Å². The second-order valence-electron chi connectivity index (χ2n) is 6.68. The maximum Gasteiger partial charge on any atom is 0.261 e. The van der Waals surface area contributed by atoms with Crippen molar-refractivity contribution >= 4 is 40.5 Å². The number of thiocarbonyl (C=S) groups is 1. The molecule has 0 saturated carbocycles. The largest absolute Gasteiger partial charge is 0.490 e. The van der Waals surface area contributed by atoms with Gasteiger partial charge in [0.1, 0.15) is 24.7 Å². The van der Waals surface area contributed by atoms with Crippen LogP contribution < -0.4 is 25.4 Å². The molecular formula is C24H23N3O4S. The summed E-state index contributed by atoms with van der Waals surface area (Å²) < 4.78 is 11.4. The third-order valence-electron chi connectivity index (χ3n) is 4.15. The fraction of sp³-hybridized carbons (Fsp3) is 0.125. The van der Waals surface area contributed by atoms with Crippen LogP contribution in [0.3, 0.4) is 0 Å². The van der Waals surface area contributed by atoms with E-state index in [0.717, 1.165) is 5.75 Å². The van der Waals surface area contributed by atoms with Crippen LogP contribution in [0.4, 0.5) is 11.4 Å². The molecule has 0 atom stereocenters. The zero-order valence-corrected chi connectivity index (χ0v) is 18.3. The first-order chi connectivity index (χ1) is 15.5. The van der Waals surface area contributed by atoms with E-state index in [1.165, 1.54) is 6.92 Å². The monoisotopic (exact) mass is 449 g/mol. The maximum absolute atomic E-state index is 12.7. The molecule has 0 radical (unpaired) electrons. The molecule has 0 unspecified atom stereocenters. The van der Waals surface area contributed by atoms with Crippen LogP contribution in [0.1, 0.15) is 17.3 Å². The third kappa shape index (κ3) is 7.10. The van der Waals surface area contributed by atoms with Crippen molar-refractivity contribution in [3.63, 3.8) is 0 Å². The van der Waals surface area contributed by atoms with Crippen LogP contribution in [0.15, 0.2) is 78.9 Å². The standard InChI is InChI=1S/C24H23N3O4S/c1-17(28)25-18-8-7-9-19(16-18)26-24(32)27-23(29)21-12-5-6-13-22(21)31-15-14-30-20-10-3-2-4-11-20/h2-13,16H,14-15H2,1H3,(H,25,28)(H2,26,27,29,32). The lowest BCUT2D eigenvalue weighted by atomic mass is 10.2. The molecule has 0 heterocycles. The number of benzene rings is 3. The average molecular weight is 450 g/mol. The van der Waals surface area contributed by atoms with E-state index in [9.17, 15) is 9.59 Å². The Balaban J connectivity index is 1.54. The quantitative estimate of drug-likeness (QED) is 0.352. The smallest absolute Gasteiger partial charge is 0.261 e. The average Bonchev–Trinajstić information content (AvgIpc) is 2.77. The van der Waals surface area contributed by atoms with E-state index < -0.39 is 5.91 Å². The number of para-hydroxylation sites is 2. The van der Waals surface area contributed by atoms with Crippen molar-refractivity contribution in [2.24, 2.45) is 0 Å². The zero-order chi connectivity index (χ0) is 22.8. The minimum atomic E-state index is -0.403. The van der Waals surface area contributed by atoms with E-state index in [-0.39, 0.29) is 17.6 Å². The molecule has 3 N–H and O–H groups in total. The highest BCUT2D eigenvalue weighted by Crippen LogP contribution is 2.19. The molecule has 0 aliphatic carbocycles. The molecule has 3 aromatic carbocycles. The van der Waals surface area contributed by atoms with Gasteiger partial charge in [0.2, 0.25) is 5.91 Å². The number of nitrogens with one attached hydrogen (secondary N) is 3. The van der Waals surface area contributed by atoms with E-state index in [4.69, 9.17) is 21.7 Å². The molecule has 3 rings (SSSR count). The van der Waals surface area contributed by atoms with Crippen LogP contribution >= 0.6 is 12.2 Å². The minimum absolute atomic E-state index is 0.122. The van der Waals surface area contributed by atoms with Crippen LogP contribution in [0.2, 0.25) is 0 Å². The summed E-state index contributed by atoms with van der Waals surface area (Å²) in [7, 11) is 0. The lowest BCUT2D eigenvalue weighted by Crippen LogP contribution is -2.34. The van der Waals surface area contributed by atoms with Gasteiger partial charge >= 0.3 is 0 Å². The van der Waals surface area contributed by atoms with Crippen molar-refractivity contribution in [3.05, 3.63) is 84.4 Å². The summed E-state index contributed by atoms with van der Waals surface area (Å²) in [5.74, 6) is 0.599. The first-order valence-corrected chi connectivity index (χ1v) is 10.3. The van der Waals surface area contributed by atoms with E-state index in [1.807, 2.05) is 30.3 Å². The molecule has 0 aliphatic rings. The van der Waals surface area contributed by atoms with Crippen molar-refractivity contribution in [2.75, 3.05) is 23.8 Å². The topological polar surface area (TPSA) is 88.7 Å². The van der Waals surface area contributed by atoms with E-state index in [0.29, 0.717) is 29.3 Å². The van der Waals surface area contributed by atoms with Gasteiger partial charge in [-0.25, -0.2) is 0 Å². The molecule has 0 bridgehead atoms. The van der Waals surface area contributed by atoms with E-state index in [1.54, 1.807) is 48.5 Å². The highest BCUT2D eigenvalue weighted by Gasteiger charge is 2.14. The Hall–Kier alpha value is -3.91. The van der Waals surface area contributed by atoms with Gasteiger partial charge < -0.3 is 20.1 Å². The number of carbonyl (C=O) groups excluding carboxylic acids is 2. The lowest BCUT2D eigenvalue weighted by molar-refractivity contribution is -0.114. The second-order valence-corrected chi connectivity index (χ2v) is 7.08. The summed E-state index contributed by atoms with van der Waals surface area (Å²) in [6.45, 7) is 2.04. The number of hydrogen-bond donors (Lipinski definition) is 3. The van der Waals surface area contributed by atoms with Gasteiger partial charge in [-0.15, -0.1) is 0 Å². The van der Waals surface area contributed by atoms with Crippen LogP contribution in [0.25, 0.3) is 0 Å². The first kappa shape index (κ1) is 22.8. The SMILES string of the molecule is CC(=O)Nc1cccc(NC(=S)NC(=O)c2ccccc2OCCOc2ccccc2)c1. The highest BCUT2D eigenvalue weighted by molar-refractivity contribution is 7.80. The van der Waals surface area contributed by atoms with Crippen LogP contribution in [-0.4, -0.2) is 30.1 Å². The second kappa shape index (κ2) is 11.5. The summed E-state index contributed by atoms with van der Waals surface area (Å²) in [5.41, 5.74) is 1.60. The van der Waals surface area contributed by atoms with Gasteiger partial charge in [0, 0.05) is 18.3 Å². The van der Waals surface area contributed by atoms with E-state index >= 15 is 0 Å². The number of hydrogen-bond acceptors (Lipinski definition) is 5. The molecule has 8 heteroatoms. The van der Waals surface area contributed by atoms with Gasteiger partial charge in [-0.2, -0.15) is 0 Å². The summed E-state index contributed by atoms with van der Waals surface area (Å²) in [5, 5.41) is 8.39. The fourth-order valence-electron chi connectivity index (χ4n) is 2.82. The van der Waals surface area contributed by atoms with Crippen LogP contribution in [0, 0.1) is 0 Å². The van der Waals surface area contributed by atoms with Crippen molar-refractivity contribution in [2.45, 2.75) is 6.92 Å². The summed E-state index contributed by atoms with van der Waals surface area (Å²) in [6.07, 6.45) is 0. The summed E-state index contributed by atoms with van der Waals surface area (Å²) in [4.78, 5) is 23.9. The van der Waals surface area contributed by atoms with Gasteiger partial charge in [0.05, 0.1) is 5.56 Å². The molecule has 7 nitrogen and oxygen atoms in total. The van der Waals surface area contributed by atoms with E-state index in [2.05, 4.69) is 16.0 Å². The predicted molar refractivity (Wildman–Crippen MR) is 128 cm³/mol. The van der Waals surface area contributed by atoms with Crippen LogP contribution in [0.5, 0.6) is 11.5 Å².